The molecule has 0 heterocycles. The summed E-state index contributed by atoms with van der Waals surface area (Å²) in [5.41, 5.74) is 24.8. The van der Waals surface area contributed by atoms with Gasteiger partial charge in [0.25, 0.3) is 0 Å². The first-order valence-corrected chi connectivity index (χ1v) is 21.2. The molecule has 2 aliphatic carbocycles. The van der Waals surface area contributed by atoms with Gasteiger partial charge in [0.1, 0.15) is 0 Å². The lowest BCUT2D eigenvalue weighted by Crippen LogP contribution is -2.26. The number of rotatable bonds is 6. The molecule has 2 aliphatic rings. The maximum atomic E-state index is 2.49. The summed E-state index contributed by atoms with van der Waals surface area (Å²) in [6.07, 6.45) is 0. The smallest absolute Gasteiger partial charge is 0.0622 e. The fourth-order valence-electron chi connectivity index (χ4n) is 10.3. The quantitative estimate of drug-likeness (QED) is 0.158. The van der Waals surface area contributed by atoms with Gasteiger partial charge >= 0.3 is 0 Å². The molecular formula is C61H40. The minimum absolute atomic E-state index is 0.465. The second kappa shape index (κ2) is 14.2. The van der Waals surface area contributed by atoms with Crippen LogP contribution in [0.15, 0.2) is 243 Å². The third-order valence-electron chi connectivity index (χ3n) is 13.1. The second-order valence-corrected chi connectivity index (χ2v) is 16.4. The van der Waals surface area contributed by atoms with Gasteiger partial charge in [-0.2, -0.15) is 0 Å². The van der Waals surface area contributed by atoms with Gasteiger partial charge < -0.3 is 0 Å². The van der Waals surface area contributed by atoms with Crippen molar-refractivity contribution in [2.24, 2.45) is 0 Å². The van der Waals surface area contributed by atoms with E-state index in [0.717, 1.165) is 0 Å². The Morgan fingerprint density at radius 1 is 0.164 bits per heavy atom. The zero-order chi connectivity index (χ0) is 40.3. The van der Waals surface area contributed by atoms with Crippen LogP contribution in [0.4, 0.5) is 0 Å². The molecule has 0 saturated heterocycles. The molecule has 284 valence electrons. The monoisotopic (exact) mass is 772 g/mol. The largest absolute Gasteiger partial charge is 0.0725 e. The van der Waals surface area contributed by atoms with Crippen molar-refractivity contribution in [3.05, 3.63) is 265 Å². The van der Waals surface area contributed by atoms with Gasteiger partial charge in [-0.25, -0.2) is 0 Å². The summed E-state index contributed by atoms with van der Waals surface area (Å²) in [6.45, 7) is 0. The third-order valence-corrected chi connectivity index (χ3v) is 13.1. The number of hydrogen-bond acceptors (Lipinski definition) is 0. The summed E-state index contributed by atoms with van der Waals surface area (Å²) < 4.78 is 0. The highest BCUT2D eigenvalue weighted by Crippen LogP contribution is 2.63. The second-order valence-electron chi connectivity index (χ2n) is 16.4. The zero-order valence-corrected chi connectivity index (χ0v) is 33.6. The van der Waals surface area contributed by atoms with E-state index in [-0.39, 0.29) is 0 Å². The number of fused-ring (bicyclic) bond motifs is 10. The first kappa shape index (κ1) is 35.2. The Hall–Kier alpha value is -7.80. The average molecular weight is 773 g/mol. The summed E-state index contributed by atoms with van der Waals surface area (Å²) in [7, 11) is 0. The maximum Gasteiger partial charge on any atom is 0.0725 e. The van der Waals surface area contributed by atoms with E-state index in [2.05, 4.69) is 243 Å². The van der Waals surface area contributed by atoms with Gasteiger partial charge in [-0.05, 0) is 148 Å². The summed E-state index contributed by atoms with van der Waals surface area (Å²) in [5, 5.41) is 0. The van der Waals surface area contributed by atoms with Crippen molar-refractivity contribution in [2.75, 3.05) is 0 Å². The highest BCUT2D eigenvalue weighted by atomic mass is 14.5. The molecule has 10 aromatic rings. The van der Waals surface area contributed by atoms with Crippen molar-refractivity contribution < 1.29 is 0 Å². The van der Waals surface area contributed by atoms with Crippen LogP contribution in [0.1, 0.15) is 22.3 Å². The summed E-state index contributed by atoms with van der Waals surface area (Å²) in [5.74, 6) is 0. The van der Waals surface area contributed by atoms with Crippen LogP contribution in [0.3, 0.4) is 0 Å². The molecule has 0 aromatic heterocycles. The van der Waals surface area contributed by atoms with Crippen LogP contribution in [-0.4, -0.2) is 0 Å². The van der Waals surface area contributed by atoms with E-state index < -0.39 is 5.41 Å². The first-order chi connectivity index (χ1) is 30.2. The molecule has 0 aliphatic heterocycles. The van der Waals surface area contributed by atoms with Gasteiger partial charge in [-0.1, -0.05) is 206 Å². The van der Waals surface area contributed by atoms with E-state index in [9.17, 15) is 0 Å². The molecule has 1 spiro atoms. The predicted octanol–water partition coefficient (Wildman–Crippen LogP) is 16.0. The van der Waals surface area contributed by atoms with Crippen LogP contribution >= 0.6 is 0 Å². The zero-order valence-electron chi connectivity index (χ0n) is 33.6. The Morgan fingerprint density at radius 3 is 0.787 bits per heavy atom. The SMILES string of the molecule is c1ccc(-c2cccc(-c3cccc(-c4ccc5c(c4)C4(c6ccccc6-5)c5ccccc5-c5ccc(-c6cccc(-c7cccc(-c8ccccc8)c7)c6)cc54)c3)c2)cc1. The van der Waals surface area contributed by atoms with Gasteiger partial charge in [0, 0.05) is 0 Å². The molecule has 12 rings (SSSR count). The highest BCUT2D eigenvalue weighted by Gasteiger charge is 2.51. The van der Waals surface area contributed by atoms with Crippen molar-refractivity contribution in [3.8, 4) is 89.0 Å². The van der Waals surface area contributed by atoms with E-state index in [1.54, 1.807) is 0 Å². The third kappa shape index (κ3) is 5.68. The molecule has 0 saturated carbocycles. The molecule has 0 atom stereocenters. The topological polar surface area (TPSA) is 0 Å². The van der Waals surface area contributed by atoms with E-state index in [4.69, 9.17) is 0 Å². The Labute approximate surface area is 357 Å². The van der Waals surface area contributed by atoms with E-state index in [1.165, 1.54) is 111 Å². The lowest BCUT2D eigenvalue weighted by atomic mass is 9.70. The van der Waals surface area contributed by atoms with Gasteiger partial charge in [0.15, 0.2) is 0 Å². The summed E-state index contributed by atoms with van der Waals surface area (Å²) in [4.78, 5) is 0. The van der Waals surface area contributed by atoms with Crippen LogP contribution in [0.5, 0.6) is 0 Å². The van der Waals surface area contributed by atoms with E-state index >= 15 is 0 Å². The predicted molar refractivity (Wildman–Crippen MR) is 255 cm³/mol. The van der Waals surface area contributed by atoms with E-state index in [1.807, 2.05) is 0 Å². The van der Waals surface area contributed by atoms with Crippen LogP contribution in [0.25, 0.3) is 89.0 Å². The van der Waals surface area contributed by atoms with E-state index in [0.29, 0.717) is 0 Å². The standard InChI is InChI=1S/C61H40/c1-3-15-41(16-4-1)43-19-11-21-45(35-43)47-23-13-25-49(37-47)51-31-33-55-53-27-7-9-29-57(53)61(59(55)39-51)58-30-10-8-28-54(58)56-34-32-52(40-60(56)61)50-26-14-24-48(38-50)46-22-12-20-44(36-46)42-17-5-2-6-18-42/h1-40H. The van der Waals surface area contributed by atoms with Crippen molar-refractivity contribution in [1.82, 2.24) is 0 Å². The molecule has 10 aromatic carbocycles. The molecular weight excluding hydrogens is 733 g/mol. The maximum absolute atomic E-state index is 2.49. The minimum Gasteiger partial charge on any atom is -0.0622 e. The van der Waals surface area contributed by atoms with Crippen LogP contribution in [-0.2, 0) is 5.41 Å². The number of hydrogen-bond donors (Lipinski definition) is 0. The molecule has 0 unspecified atom stereocenters. The van der Waals surface area contributed by atoms with Crippen LogP contribution in [0.2, 0.25) is 0 Å². The van der Waals surface area contributed by atoms with Crippen molar-refractivity contribution in [3.63, 3.8) is 0 Å². The van der Waals surface area contributed by atoms with Crippen LogP contribution < -0.4 is 0 Å². The van der Waals surface area contributed by atoms with Gasteiger partial charge in [-0.15, -0.1) is 0 Å². The van der Waals surface area contributed by atoms with Crippen molar-refractivity contribution in [2.45, 2.75) is 5.41 Å². The van der Waals surface area contributed by atoms with Crippen molar-refractivity contribution >= 4 is 0 Å². The van der Waals surface area contributed by atoms with Crippen molar-refractivity contribution in [1.29, 1.82) is 0 Å². The lowest BCUT2D eigenvalue weighted by Gasteiger charge is -2.31. The Balaban J connectivity index is 0.997. The lowest BCUT2D eigenvalue weighted by molar-refractivity contribution is 0.794. The summed E-state index contributed by atoms with van der Waals surface area (Å²) >= 11 is 0. The molecule has 0 fully saturated rings. The Bertz CT molecular complexity index is 3070. The molecule has 0 nitrogen and oxygen atoms in total. The molecule has 0 radical (unpaired) electrons. The molecule has 0 heteroatoms. The molecule has 0 bridgehead atoms. The molecule has 0 amide bonds. The Kier molecular flexibility index (Phi) is 8.18. The fraction of sp³-hybridized carbons (Fsp3) is 0.0164. The summed E-state index contributed by atoms with van der Waals surface area (Å²) in [6, 6.07) is 89.8. The highest BCUT2D eigenvalue weighted by molar-refractivity contribution is 5.97. The molecule has 61 heavy (non-hydrogen) atoms. The fourth-order valence-corrected chi connectivity index (χ4v) is 10.3. The normalized spacial score (nSPS) is 12.7. The van der Waals surface area contributed by atoms with Gasteiger partial charge in [0.05, 0.1) is 5.41 Å². The van der Waals surface area contributed by atoms with Gasteiger partial charge in [0.2, 0.25) is 0 Å². The first-order valence-electron chi connectivity index (χ1n) is 21.2. The van der Waals surface area contributed by atoms with Crippen LogP contribution in [0, 0.1) is 0 Å². The number of benzene rings is 10. The average Bonchev–Trinajstić information content (AvgIpc) is 3.81. The minimum atomic E-state index is -0.465. The molecule has 0 N–H and O–H groups in total. The Morgan fingerprint density at radius 2 is 0.426 bits per heavy atom. The van der Waals surface area contributed by atoms with Gasteiger partial charge in [-0.3, -0.25) is 0 Å².